The van der Waals surface area contributed by atoms with Gasteiger partial charge in [0.25, 0.3) is 10.0 Å². The van der Waals surface area contributed by atoms with Crippen LogP contribution in [-0.2, 0) is 10.0 Å². The molecule has 0 aliphatic heterocycles. The van der Waals surface area contributed by atoms with E-state index in [1.807, 2.05) is 0 Å². The zero-order valence-corrected chi connectivity index (χ0v) is 8.60. The number of halogens is 2. The predicted molar refractivity (Wildman–Crippen MR) is 45.0 cm³/mol. The van der Waals surface area contributed by atoms with Crippen LogP contribution < -0.4 is 5.09 Å². The van der Waals surface area contributed by atoms with Crippen LogP contribution >= 0.6 is 28.4 Å². The monoisotopic (exact) mass is 224 g/mol. The highest BCUT2D eigenvalue weighted by Gasteiger charge is 2.11. The van der Waals surface area contributed by atoms with Crippen molar-refractivity contribution in [2.75, 3.05) is 13.3 Å². The summed E-state index contributed by atoms with van der Waals surface area (Å²) < 4.78 is 24.1. The molecule has 0 saturated heterocycles. The number of rotatable bonds is 2. The summed E-state index contributed by atoms with van der Waals surface area (Å²) in [6.07, 6.45) is 0.934. The van der Waals surface area contributed by atoms with Gasteiger partial charge in [-0.25, -0.2) is 8.42 Å². The Labute approximate surface area is 69.7 Å². The van der Waals surface area contributed by atoms with Gasteiger partial charge in [-0.1, -0.05) is 0 Å². The largest absolute Gasteiger partial charge is 0.262 e. The highest BCUT2D eigenvalue weighted by molar-refractivity contribution is 8.12. The Hall–Kier alpha value is 0.720. The summed E-state index contributed by atoms with van der Waals surface area (Å²) in [5.74, 6) is -2.81. The lowest BCUT2D eigenvalue weighted by molar-refractivity contribution is 0.604. The molecule has 0 radical (unpaired) electrons. The van der Waals surface area contributed by atoms with Crippen molar-refractivity contribution in [3.8, 4) is 0 Å². The first kappa shape index (κ1) is 10.7. The van der Waals surface area contributed by atoms with Crippen LogP contribution in [0.15, 0.2) is 4.15 Å². The van der Waals surface area contributed by atoms with Crippen molar-refractivity contribution in [3.63, 3.8) is 0 Å². The zero-order chi connectivity index (χ0) is 8.41. The van der Waals surface area contributed by atoms with Gasteiger partial charge < -0.3 is 0 Å². The molecule has 0 aromatic carbocycles. The minimum Gasteiger partial charge on any atom is -0.262 e. The van der Waals surface area contributed by atoms with E-state index in [1.165, 1.54) is 7.05 Å². The molecule has 0 atom stereocenters. The van der Waals surface area contributed by atoms with Gasteiger partial charge in [0.2, 0.25) is 5.91 Å². The lowest BCUT2D eigenvalue weighted by atomic mass is 11.6. The van der Waals surface area contributed by atoms with Crippen LogP contribution in [0.2, 0.25) is 0 Å². The quantitative estimate of drug-likeness (QED) is 0.726. The second-order valence-corrected chi connectivity index (χ2v) is 8.51. The number of hydrogen-bond donors (Lipinski definition) is 1. The Morgan fingerprint density at radius 3 is 2.00 bits per heavy atom. The SMILES string of the molecule is CNP(Cl)(Cl)=NS(C)(=O)=O. The Balaban J connectivity index is 4.80. The van der Waals surface area contributed by atoms with Crippen LogP contribution in [0.3, 0.4) is 0 Å². The topological polar surface area (TPSA) is 58.5 Å². The Morgan fingerprint density at radius 2 is 1.90 bits per heavy atom. The van der Waals surface area contributed by atoms with Gasteiger partial charge in [-0.2, -0.15) is 0 Å². The standard InChI is InChI=1S/C2H7Cl2N2O2PS/c1-5-9(3,4)6-10(2,7)8/h5H,1-2H3. The Bertz CT molecular complexity index is 254. The number of nitrogens with one attached hydrogen (secondary N) is 1. The van der Waals surface area contributed by atoms with Gasteiger partial charge in [0, 0.05) is 0 Å². The molecule has 8 heteroatoms. The molecule has 1 N–H and O–H groups in total. The number of sulfonamides is 1. The molecule has 0 amide bonds. The third-order valence-electron chi connectivity index (χ3n) is 0.520. The molecule has 0 aromatic heterocycles. The van der Waals surface area contributed by atoms with Crippen LogP contribution in [-0.4, -0.2) is 21.7 Å². The molecule has 0 spiro atoms. The smallest absolute Gasteiger partial charge is 0.252 e. The molecular weight excluding hydrogens is 218 g/mol. The van der Waals surface area contributed by atoms with Crippen molar-refractivity contribution >= 4 is 38.4 Å². The number of nitrogens with zero attached hydrogens (tertiary/aromatic N) is 1. The van der Waals surface area contributed by atoms with E-state index in [4.69, 9.17) is 22.5 Å². The van der Waals surface area contributed by atoms with Gasteiger partial charge in [-0.15, -0.1) is 4.15 Å². The third kappa shape index (κ3) is 5.50. The van der Waals surface area contributed by atoms with E-state index in [-0.39, 0.29) is 0 Å². The number of hydrogen-bond acceptors (Lipinski definition) is 2. The summed E-state index contributed by atoms with van der Waals surface area (Å²) in [4.78, 5) is 0. The molecule has 0 aromatic rings. The first-order chi connectivity index (χ1) is 4.27. The van der Waals surface area contributed by atoms with Gasteiger partial charge in [-0.3, -0.25) is 5.09 Å². The zero-order valence-electron chi connectivity index (χ0n) is 5.38. The van der Waals surface area contributed by atoms with Crippen LogP contribution in [0.5, 0.6) is 0 Å². The lowest BCUT2D eigenvalue weighted by Gasteiger charge is -2.03. The van der Waals surface area contributed by atoms with Gasteiger partial charge in [-0.05, 0) is 29.5 Å². The van der Waals surface area contributed by atoms with Crippen molar-refractivity contribution in [2.45, 2.75) is 0 Å². The van der Waals surface area contributed by atoms with Crippen LogP contribution in [0, 0.1) is 0 Å². The van der Waals surface area contributed by atoms with Crippen molar-refractivity contribution in [1.29, 1.82) is 0 Å². The summed E-state index contributed by atoms with van der Waals surface area (Å²) in [6.45, 7) is 0. The van der Waals surface area contributed by atoms with Gasteiger partial charge in [0.05, 0.1) is 6.26 Å². The summed E-state index contributed by atoms with van der Waals surface area (Å²) >= 11 is 10.8. The molecule has 0 bridgehead atoms. The fraction of sp³-hybridized carbons (Fsp3) is 1.00. The van der Waals surface area contributed by atoms with E-state index in [2.05, 4.69) is 9.24 Å². The normalized spacial score (nSPS) is 13.2. The molecule has 0 rings (SSSR count). The molecule has 62 valence electrons. The third-order valence-corrected chi connectivity index (χ3v) is 5.19. The van der Waals surface area contributed by atoms with Crippen LogP contribution in [0.1, 0.15) is 0 Å². The maximum absolute atomic E-state index is 10.5. The van der Waals surface area contributed by atoms with Crippen molar-refractivity contribution in [3.05, 3.63) is 0 Å². The summed E-state index contributed by atoms with van der Waals surface area (Å²) in [5.41, 5.74) is 0. The summed E-state index contributed by atoms with van der Waals surface area (Å²) in [5, 5.41) is 2.39. The van der Waals surface area contributed by atoms with Gasteiger partial charge in [0.1, 0.15) is 0 Å². The van der Waals surface area contributed by atoms with Crippen molar-refractivity contribution in [2.24, 2.45) is 4.15 Å². The fourth-order valence-corrected chi connectivity index (χ4v) is 4.06. The molecule has 0 aliphatic rings. The second kappa shape index (κ2) is 3.41. The minimum atomic E-state index is -3.45. The predicted octanol–water partition coefficient (Wildman–Crippen LogP) is 1.59. The second-order valence-electron chi connectivity index (χ2n) is 1.52. The highest BCUT2D eigenvalue weighted by atomic mass is 35.9. The average molecular weight is 225 g/mol. The Morgan fingerprint density at radius 1 is 1.50 bits per heavy atom. The molecule has 0 heterocycles. The van der Waals surface area contributed by atoms with E-state index in [1.54, 1.807) is 0 Å². The first-order valence-corrected chi connectivity index (χ1v) is 7.59. The van der Waals surface area contributed by atoms with E-state index in [9.17, 15) is 8.42 Å². The van der Waals surface area contributed by atoms with Crippen LogP contribution in [0.25, 0.3) is 0 Å². The first-order valence-electron chi connectivity index (χ1n) is 2.19. The van der Waals surface area contributed by atoms with E-state index in [0.717, 1.165) is 6.26 Å². The van der Waals surface area contributed by atoms with E-state index >= 15 is 0 Å². The molecule has 10 heavy (non-hydrogen) atoms. The molecule has 0 unspecified atom stereocenters. The van der Waals surface area contributed by atoms with Gasteiger partial charge in [0.15, 0.2) is 0 Å². The highest BCUT2D eigenvalue weighted by Crippen LogP contribution is 2.56. The molecule has 0 saturated carbocycles. The van der Waals surface area contributed by atoms with E-state index < -0.39 is 15.9 Å². The van der Waals surface area contributed by atoms with Crippen molar-refractivity contribution < 1.29 is 8.42 Å². The Kier molecular flexibility index (Phi) is 3.66. The van der Waals surface area contributed by atoms with Gasteiger partial charge >= 0.3 is 0 Å². The molecular formula is C2H7Cl2N2O2PS. The lowest BCUT2D eigenvalue weighted by Crippen LogP contribution is -1.96. The molecule has 0 fully saturated rings. The van der Waals surface area contributed by atoms with E-state index in [0.29, 0.717) is 0 Å². The van der Waals surface area contributed by atoms with Crippen molar-refractivity contribution in [1.82, 2.24) is 5.09 Å². The molecule has 4 nitrogen and oxygen atoms in total. The summed E-state index contributed by atoms with van der Waals surface area (Å²) in [7, 11) is -2.00. The molecule has 0 aliphatic carbocycles. The maximum atomic E-state index is 10.5. The maximum Gasteiger partial charge on any atom is 0.252 e. The van der Waals surface area contributed by atoms with Crippen LogP contribution in [0.4, 0.5) is 0 Å². The summed E-state index contributed by atoms with van der Waals surface area (Å²) in [6, 6.07) is 0. The average Bonchev–Trinajstić information content (AvgIpc) is 1.60. The fourth-order valence-electron chi connectivity index (χ4n) is 0.227. The minimum absolute atomic E-state index is 0.934.